The van der Waals surface area contributed by atoms with E-state index in [0.29, 0.717) is 5.88 Å². The van der Waals surface area contributed by atoms with E-state index >= 15 is 0 Å². The molecule has 0 saturated heterocycles. The second kappa shape index (κ2) is 6.56. The van der Waals surface area contributed by atoms with Crippen molar-refractivity contribution in [3.05, 3.63) is 17.8 Å². The summed E-state index contributed by atoms with van der Waals surface area (Å²) < 4.78 is 5.04. The zero-order valence-electron chi connectivity index (χ0n) is 9.54. The first-order valence-corrected chi connectivity index (χ1v) is 6.62. The Labute approximate surface area is 95.6 Å². The summed E-state index contributed by atoms with van der Waals surface area (Å²) in [4.78, 5) is 4.13. The molecular weight excluding hydrogens is 208 g/mol. The van der Waals surface area contributed by atoms with Crippen LogP contribution in [0.15, 0.2) is 12.3 Å². The number of methoxy groups -OCH3 is 1. The van der Waals surface area contributed by atoms with Gasteiger partial charge in [0, 0.05) is 12.6 Å². The SMILES string of the molecule is COc1cc2c(cn1)NCCC2.CSC. The van der Waals surface area contributed by atoms with Gasteiger partial charge in [0.15, 0.2) is 0 Å². The van der Waals surface area contributed by atoms with Gasteiger partial charge in [-0.25, -0.2) is 4.98 Å². The van der Waals surface area contributed by atoms with E-state index in [1.807, 2.05) is 24.8 Å². The predicted molar refractivity (Wildman–Crippen MR) is 67.0 cm³/mol. The predicted octanol–water partition coefficient (Wildman–Crippen LogP) is 2.43. The van der Waals surface area contributed by atoms with E-state index in [9.17, 15) is 0 Å². The molecule has 1 aromatic rings. The number of hydrogen-bond donors (Lipinski definition) is 1. The van der Waals surface area contributed by atoms with Crippen molar-refractivity contribution in [3.8, 4) is 5.88 Å². The summed E-state index contributed by atoms with van der Waals surface area (Å²) in [5.74, 6) is 0.706. The molecule has 0 fully saturated rings. The Kier molecular flexibility index (Phi) is 5.32. The maximum Gasteiger partial charge on any atom is 0.213 e. The highest BCUT2D eigenvalue weighted by atomic mass is 32.2. The third-order valence-electron chi connectivity index (χ3n) is 2.11. The molecule has 2 heterocycles. The second-order valence-corrected chi connectivity index (χ2v) is 4.14. The molecular formula is C11H18N2OS. The van der Waals surface area contributed by atoms with Crippen molar-refractivity contribution in [2.45, 2.75) is 12.8 Å². The lowest BCUT2D eigenvalue weighted by atomic mass is 10.1. The average Bonchev–Trinajstić information content (AvgIpc) is 2.29. The standard InChI is InChI=1S/C9H12N2O.C2H6S/c1-12-9-5-7-3-2-4-10-8(7)6-11-9;1-3-2/h5-6,10H,2-4H2,1H3;1-2H3. The van der Waals surface area contributed by atoms with Gasteiger partial charge in [-0.15, -0.1) is 0 Å². The molecule has 0 spiro atoms. The van der Waals surface area contributed by atoms with Crippen LogP contribution in [0.25, 0.3) is 0 Å². The molecule has 0 amide bonds. The summed E-state index contributed by atoms with van der Waals surface area (Å²) in [6.45, 7) is 1.06. The van der Waals surface area contributed by atoms with E-state index in [1.165, 1.54) is 12.0 Å². The molecule has 15 heavy (non-hydrogen) atoms. The molecule has 4 heteroatoms. The lowest BCUT2D eigenvalue weighted by Gasteiger charge is -2.17. The summed E-state index contributed by atoms with van der Waals surface area (Å²) in [5, 5.41) is 3.30. The van der Waals surface area contributed by atoms with Crippen LogP contribution in [0.3, 0.4) is 0 Å². The molecule has 2 rings (SSSR count). The number of aryl methyl sites for hydroxylation is 1. The summed E-state index contributed by atoms with van der Waals surface area (Å²) in [6, 6.07) is 2.00. The van der Waals surface area contributed by atoms with Crippen LogP contribution in [0.5, 0.6) is 5.88 Å². The van der Waals surface area contributed by atoms with E-state index in [1.54, 1.807) is 18.9 Å². The van der Waals surface area contributed by atoms with Gasteiger partial charge in [0.25, 0.3) is 0 Å². The summed E-state index contributed by atoms with van der Waals surface area (Å²) >= 11 is 1.75. The molecule has 1 N–H and O–H groups in total. The van der Waals surface area contributed by atoms with Crippen molar-refractivity contribution >= 4 is 17.4 Å². The molecule has 0 saturated carbocycles. The van der Waals surface area contributed by atoms with Gasteiger partial charge in [0.2, 0.25) is 5.88 Å². The van der Waals surface area contributed by atoms with Crippen LogP contribution in [0.4, 0.5) is 5.69 Å². The van der Waals surface area contributed by atoms with Crippen LogP contribution in [-0.4, -0.2) is 31.2 Å². The summed E-state index contributed by atoms with van der Waals surface area (Å²) in [5.41, 5.74) is 2.47. The molecule has 3 nitrogen and oxygen atoms in total. The largest absolute Gasteiger partial charge is 0.481 e. The number of thioether (sulfide) groups is 1. The molecule has 0 atom stereocenters. The number of pyridine rings is 1. The second-order valence-electron chi connectivity index (χ2n) is 3.32. The fourth-order valence-electron chi connectivity index (χ4n) is 1.45. The fourth-order valence-corrected chi connectivity index (χ4v) is 1.45. The van der Waals surface area contributed by atoms with Crippen LogP contribution in [0.2, 0.25) is 0 Å². The van der Waals surface area contributed by atoms with Crippen molar-refractivity contribution in [1.82, 2.24) is 4.98 Å². The van der Waals surface area contributed by atoms with E-state index in [0.717, 1.165) is 18.7 Å². The van der Waals surface area contributed by atoms with Crippen molar-refractivity contribution in [1.29, 1.82) is 0 Å². The fraction of sp³-hybridized carbons (Fsp3) is 0.545. The molecule has 84 valence electrons. The maximum absolute atomic E-state index is 5.04. The summed E-state index contributed by atoms with van der Waals surface area (Å²) in [7, 11) is 1.64. The van der Waals surface area contributed by atoms with Gasteiger partial charge in [-0.1, -0.05) is 0 Å². The lowest BCUT2D eigenvalue weighted by molar-refractivity contribution is 0.397. The zero-order chi connectivity index (χ0) is 11.1. The first-order valence-electron chi connectivity index (χ1n) is 4.98. The van der Waals surface area contributed by atoms with Gasteiger partial charge < -0.3 is 10.1 Å². The highest BCUT2D eigenvalue weighted by Crippen LogP contribution is 2.23. The smallest absolute Gasteiger partial charge is 0.213 e. The van der Waals surface area contributed by atoms with Crippen molar-refractivity contribution in [2.24, 2.45) is 0 Å². The van der Waals surface area contributed by atoms with E-state index in [-0.39, 0.29) is 0 Å². The molecule has 0 aromatic carbocycles. The lowest BCUT2D eigenvalue weighted by Crippen LogP contribution is -2.12. The summed E-state index contributed by atoms with van der Waals surface area (Å²) in [6.07, 6.45) is 8.24. The Hall–Kier alpha value is -0.900. The zero-order valence-corrected chi connectivity index (χ0v) is 10.4. The highest BCUT2D eigenvalue weighted by molar-refractivity contribution is 7.97. The highest BCUT2D eigenvalue weighted by Gasteiger charge is 2.09. The number of nitrogens with one attached hydrogen (secondary N) is 1. The monoisotopic (exact) mass is 226 g/mol. The quantitative estimate of drug-likeness (QED) is 0.797. The van der Waals surface area contributed by atoms with Gasteiger partial charge in [-0.05, 0) is 30.9 Å². The van der Waals surface area contributed by atoms with Gasteiger partial charge >= 0.3 is 0 Å². The molecule has 0 unspecified atom stereocenters. The van der Waals surface area contributed by atoms with Crippen molar-refractivity contribution in [2.75, 3.05) is 31.5 Å². The molecule has 0 aliphatic carbocycles. The first-order chi connectivity index (χ1) is 7.31. The van der Waals surface area contributed by atoms with Crippen LogP contribution in [0.1, 0.15) is 12.0 Å². The van der Waals surface area contributed by atoms with Crippen LogP contribution >= 0.6 is 11.8 Å². The Morgan fingerprint density at radius 1 is 1.47 bits per heavy atom. The normalized spacial score (nSPS) is 13.0. The topological polar surface area (TPSA) is 34.1 Å². The number of fused-ring (bicyclic) bond motifs is 1. The molecule has 0 bridgehead atoms. The number of rotatable bonds is 1. The molecule has 1 aliphatic rings. The van der Waals surface area contributed by atoms with Crippen LogP contribution < -0.4 is 10.1 Å². The number of aromatic nitrogens is 1. The Morgan fingerprint density at radius 3 is 2.87 bits per heavy atom. The maximum atomic E-state index is 5.04. The number of ether oxygens (including phenoxy) is 1. The average molecular weight is 226 g/mol. The van der Waals surface area contributed by atoms with E-state index in [4.69, 9.17) is 4.74 Å². The Balaban J connectivity index is 0.000000337. The number of anilines is 1. The van der Waals surface area contributed by atoms with Crippen LogP contribution in [-0.2, 0) is 6.42 Å². The number of nitrogens with zero attached hydrogens (tertiary/aromatic N) is 1. The third-order valence-corrected chi connectivity index (χ3v) is 2.11. The van der Waals surface area contributed by atoms with E-state index in [2.05, 4.69) is 10.3 Å². The van der Waals surface area contributed by atoms with E-state index < -0.39 is 0 Å². The van der Waals surface area contributed by atoms with Crippen molar-refractivity contribution < 1.29 is 4.74 Å². The molecule has 0 radical (unpaired) electrons. The van der Waals surface area contributed by atoms with Crippen molar-refractivity contribution in [3.63, 3.8) is 0 Å². The van der Waals surface area contributed by atoms with Gasteiger partial charge in [0.1, 0.15) is 0 Å². The Bertz CT molecular complexity index is 305. The van der Waals surface area contributed by atoms with Gasteiger partial charge in [-0.2, -0.15) is 11.8 Å². The first kappa shape index (κ1) is 12.2. The van der Waals surface area contributed by atoms with Gasteiger partial charge in [-0.3, -0.25) is 0 Å². The minimum Gasteiger partial charge on any atom is -0.481 e. The third kappa shape index (κ3) is 3.63. The Morgan fingerprint density at radius 2 is 2.20 bits per heavy atom. The molecule has 1 aromatic heterocycles. The molecule has 1 aliphatic heterocycles. The van der Waals surface area contributed by atoms with Gasteiger partial charge in [0.05, 0.1) is 19.0 Å². The minimum absolute atomic E-state index is 0.706. The number of hydrogen-bond acceptors (Lipinski definition) is 4. The van der Waals surface area contributed by atoms with Crippen LogP contribution in [0, 0.1) is 0 Å². The minimum atomic E-state index is 0.706.